The Balaban J connectivity index is 4.57. The molecule has 0 rings (SSSR count). The van der Waals surface area contributed by atoms with Crippen LogP contribution < -0.4 is 0 Å². The number of ether oxygens (including phenoxy) is 3. The first-order valence-electron chi connectivity index (χ1n) is 7.14. The second kappa shape index (κ2) is 8.73. The second-order valence-corrected chi connectivity index (χ2v) is 6.85. The van der Waals surface area contributed by atoms with Gasteiger partial charge in [0.05, 0.1) is 13.1 Å². The van der Waals surface area contributed by atoms with Crippen LogP contribution in [0.5, 0.6) is 0 Å². The second-order valence-electron chi connectivity index (χ2n) is 6.85. The predicted molar refractivity (Wildman–Crippen MR) is 80.1 cm³/mol. The number of hydrogen-bond acceptors (Lipinski definition) is 7. The lowest BCUT2D eigenvalue weighted by Gasteiger charge is -2.26. The number of esters is 2. The molecule has 0 aliphatic rings. The van der Waals surface area contributed by atoms with E-state index in [1.807, 2.05) is 0 Å². The van der Waals surface area contributed by atoms with Crippen molar-refractivity contribution in [2.45, 2.75) is 52.7 Å². The quantitative estimate of drug-likeness (QED) is 0.287. The lowest BCUT2D eigenvalue weighted by molar-refractivity contribution is -0.160. The Bertz CT molecular complexity index is 350. The van der Waals surface area contributed by atoms with Gasteiger partial charge in [-0.3, -0.25) is 19.3 Å². The molecule has 0 N–H and O–H groups in total. The minimum atomic E-state index is -0.603. The highest BCUT2D eigenvalue weighted by Crippen LogP contribution is 2.09. The lowest BCUT2D eigenvalue weighted by atomic mass is 10.2. The maximum Gasteiger partial charge on any atom is 0.320 e. The highest BCUT2D eigenvalue weighted by Gasteiger charge is 2.23. The van der Waals surface area contributed by atoms with Crippen LogP contribution in [0.4, 0.5) is 0 Å². The fourth-order valence-electron chi connectivity index (χ4n) is 1.56. The van der Waals surface area contributed by atoms with Crippen molar-refractivity contribution < 1.29 is 28.6 Å². The van der Waals surface area contributed by atoms with E-state index in [-0.39, 0.29) is 26.2 Å². The Morgan fingerprint density at radius 3 is 1.64 bits per heavy atom. The lowest BCUT2D eigenvalue weighted by Crippen LogP contribution is -2.41. The van der Waals surface area contributed by atoms with Crippen LogP contribution in [-0.2, 0) is 28.6 Å². The Morgan fingerprint density at radius 1 is 0.909 bits per heavy atom. The summed E-state index contributed by atoms with van der Waals surface area (Å²) in [5.74, 6) is -0.913. The van der Waals surface area contributed by atoms with E-state index in [0.29, 0.717) is 6.47 Å². The SMILES string of the molecule is CC(C)(C)OC(=O)CN(CCOC=O)CC(=O)OC(C)(C)C. The fraction of sp³-hybridized carbons (Fsp3) is 0.800. The van der Waals surface area contributed by atoms with Crippen LogP contribution in [0.2, 0.25) is 0 Å². The Kier molecular flexibility index (Phi) is 8.08. The van der Waals surface area contributed by atoms with Crippen molar-refractivity contribution in [3.8, 4) is 0 Å². The standard InChI is InChI=1S/C15H27NO6/c1-14(2,3)21-12(18)9-16(7-8-20-11-17)10-13(19)22-15(4,5)6/h11H,7-10H2,1-6H3. The van der Waals surface area contributed by atoms with E-state index >= 15 is 0 Å². The van der Waals surface area contributed by atoms with E-state index in [1.54, 1.807) is 41.5 Å². The monoisotopic (exact) mass is 317 g/mol. The van der Waals surface area contributed by atoms with E-state index in [9.17, 15) is 14.4 Å². The third-order valence-electron chi connectivity index (χ3n) is 2.14. The molecule has 0 heterocycles. The van der Waals surface area contributed by atoms with Gasteiger partial charge in [0.15, 0.2) is 0 Å². The van der Waals surface area contributed by atoms with Gasteiger partial charge in [0.25, 0.3) is 6.47 Å². The summed E-state index contributed by atoms with van der Waals surface area (Å²) in [5, 5.41) is 0. The first kappa shape index (κ1) is 20.4. The summed E-state index contributed by atoms with van der Waals surface area (Å²) in [4.78, 5) is 35.4. The fourth-order valence-corrected chi connectivity index (χ4v) is 1.56. The predicted octanol–water partition coefficient (Wildman–Crippen LogP) is 1.14. The van der Waals surface area contributed by atoms with Gasteiger partial charge in [-0.1, -0.05) is 0 Å². The van der Waals surface area contributed by atoms with Gasteiger partial charge in [-0.15, -0.1) is 0 Å². The molecule has 0 unspecified atom stereocenters. The smallest absolute Gasteiger partial charge is 0.320 e. The minimum absolute atomic E-state index is 0.0785. The zero-order valence-electron chi connectivity index (χ0n) is 14.3. The Hall–Kier alpha value is -1.63. The summed E-state index contributed by atoms with van der Waals surface area (Å²) in [7, 11) is 0. The van der Waals surface area contributed by atoms with Crippen molar-refractivity contribution >= 4 is 18.4 Å². The maximum atomic E-state index is 11.8. The topological polar surface area (TPSA) is 82.1 Å². The molecule has 0 aromatic rings. The van der Waals surface area contributed by atoms with Crippen molar-refractivity contribution in [2.24, 2.45) is 0 Å². The number of nitrogens with zero attached hydrogens (tertiary/aromatic N) is 1. The summed E-state index contributed by atoms with van der Waals surface area (Å²) in [6.07, 6.45) is 0. The summed E-state index contributed by atoms with van der Waals surface area (Å²) in [6, 6.07) is 0. The van der Waals surface area contributed by atoms with Crippen LogP contribution >= 0.6 is 0 Å². The highest BCUT2D eigenvalue weighted by atomic mass is 16.6. The van der Waals surface area contributed by atoms with Crippen molar-refractivity contribution in [3.05, 3.63) is 0 Å². The van der Waals surface area contributed by atoms with E-state index in [0.717, 1.165) is 0 Å². The molecule has 0 aliphatic carbocycles. The van der Waals surface area contributed by atoms with Gasteiger partial charge in [-0.2, -0.15) is 0 Å². The third-order valence-corrected chi connectivity index (χ3v) is 2.14. The van der Waals surface area contributed by atoms with Crippen LogP contribution in [0.3, 0.4) is 0 Å². The summed E-state index contributed by atoms with van der Waals surface area (Å²) >= 11 is 0. The zero-order valence-corrected chi connectivity index (χ0v) is 14.3. The van der Waals surface area contributed by atoms with Gasteiger partial charge in [-0.25, -0.2) is 0 Å². The number of carbonyl (C=O) groups is 3. The molecule has 0 saturated carbocycles. The molecule has 0 atom stereocenters. The molecule has 0 saturated heterocycles. The van der Waals surface area contributed by atoms with Gasteiger partial charge in [-0.05, 0) is 41.5 Å². The maximum absolute atomic E-state index is 11.8. The Morgan fingerprint density at radius 2 is 1.32 bits per heavy atom. The van der Waals surface area contributed by atoms with E-state index in [2.05, 4.69) is 4.74 Å². The summed E-state index contributed by atoms with van der Waals surface area (Å²) < 4.78 is 15.0. The molecule has 0 fully saturated rings. The van der Waals surface area contributed by atoms with Crippen LogP contribution in [0.1, 0.15) is 41.5 Å². The molecule has 0 aromatic heterocycles. The molecular weight excluding hydrogens is 290 g/mol. The van der Waals surface area contributed by atoms with Gasteiger partial charge < -0.3 is 14.2 Å². The summed E-state index contributed by atoms with van der Waals surface area (Å²) in [6.45, 7) is 11.0. The minimum Gasteiger partial charge on any atom is -0.467 e. The first-order valence-corrected chi connectivity index (χ1v) is 7.14. The van der Waals surface area contributed by atoms with Gasteiger partial charge in [0.1, 0.15) is 17.8 Å². The van der Waals surface area contributed by atoms with E-state index in [1.165, 1.54) is 4.90 Å². The molecule has 7 nitrogen and oxygen atoms in total. The largest absolute Gasteiger partial charge is 0.467 e. The molecule has 22 heavy (non-hydrogen) atoms. The zero-order chi connectivity index (χ0) is 17.4. The van der Waals surface area contributed by atoms with Gasteiger partial charge in [0.2, 0.25) is 0 Å². The molecule has 0 bridgehead atoms. The molecule has 0 amide bonds. The number of hydrogen-bond donors (Lipinski definition) is 0. The highest BCUT2D eigenvalue weighted by molar-refractivity contribution is 5.75. The van der Waals surface area contributed by atoms with Gasteiger partial charge >= 0.3 is 11.9 Å². The molecule has 0 spiro atoms. The molecule has 0 aliphatic heterocycles. The summed E-state index contributed by atoms with van der Waals surface area (Å²) in [5.41, 5.74) is -1.21. The third kappa shape index (κ3) is 12.1. The van der Waals surface area contributed by atoms with Crippen molar-refractivity contribution in [3.63, 3.8) is 0 Å². The van der Waals surface area contributed by atoms with Gasteiger partial charge in [0, 0.05) is 6.54 Å². The average molecular weight is 317 g/mol. The molecule has 128 valence electrons. The molecule has 0 radical (unpaired) electrons. The average Bonchev–Trinajstić information content (AvgIpc) is 2.23. The molecular formula is C15H27NO6. The van der Waals surface area contributed by atoms with Crippen molar-refractivity contribution in [2.75, 3.05) is 26.2 Å². The molecule has 7 heteroatoms. The van der Waals surface area contributed by atoms with Crippen molar-refractivity contribution in [1.29, 1.82) is 0 Å². The van der Waals surface area contributed by atoms with E-state index in [4.69, 9.17) is 9.47 Å². The normalized spacial score (nSPS) is 12.0. The van der Waals surface area contributed by atoms with Crippen molar-refractivity contribution in [1.82, 2.24) is 4.90 Å². The Labute approximate surface area is 131 Å². The van der Waals surface area contributed by atoms with Crippen LogP contribution in [0.25, 0.3) is 0 Å². The van der Waals surface area contributed by atoms with E-state index < -0.39 is 23.1 Å². The van der Waals surface area contributed by atoms with Crippen LogP contribution in [-0.4, -0.2) is 60.8 Å². The number of rotatable bonds is 8. The van der Waals surface area contributed by atoms with Crippen LogP contribution in [0, 0.1) is 0 Å². The first-order chi connectivity index (χ1) is 9.93. The van der Waals surface area contributed by atoms with Crippen LogP contribution in [0.15, 0.2) is 0 Å². The number of carbonyl (C=O) groups excluding carboxylic acids is 3. The molecule has 0 aromatic carbocycles.